The molecule has 9 rings (SSSR count). The summed E-state index contributed by atoms with van der Waals surface area (Å²) in [5.74, 6) is -5.19. The molecule has 80 heavy (non-hydrogen) atoms. The molecule has 424 valence electrons. The zero-order valence-corrected chi connectivity index (χ0v) is 45.5. The van der Waals surface area contributed by atoms with E-state index in [1.54, 1.807) is 41.8 Å². The Bertz CT molecular complexity index is 3240. The summed E-state index contributed by atoms with van der Waals surface area (Å²) in [4.78, 5) is 137. The first-order valence-electron chi connectivity index (χ1n) is 27.7. The number of hydrogen-bond donors (Lipinski definition) is 6. The Morgan fingerprint density at radius 1 is 0.850 bits per heavy atom. The molecule has 0 bridgehead atoms. The molecule has 1 saturated heterocycles. The van der Waals surface area contributed by atoms with Gasteiger partial charge in [-0.05, 0) is 98.6 Å². The standard InChI is InChI=1S/C58H68FN9O12/c1-5-34-36-23-43-51-37(29-68(43)53(75)38(36)30-79-54(34)76)50-40(18-17-35-32(4)39(59)24-41(65-51)49(35)50)66-55(77)58(19-20-58)80-31-63-46(71)27-62-52(74)42(22-33-14-10-8-11-15-33)64-47(72)28-61-45(70)26-60-44(69)16-12-9-13-21-67-48(73)25-57(6-2,7-3)56(67)78/h8,10-11,14-15,23-24,34,40,42H,5-7,9,12-13,16-22,25-31H2,1-4H3,(H,60,69)(H,61,70)(H,62,74)(H,63,71)(H,64,72)(H,66,77). The summed E-state index contributed by atoms with van der Waals surface area (Å²) in [5.41, 5.74) is 3.59. The van der Waals surface area contributed by atoms with Gasteiger partial charge in [0.1, 0.15) is 30.8 Å². The molecule has 5 aliphatic rings. The summed E-state index contributed by atoms with van der Waals surface area (Å²) < 4.78 is 28.5. The van der Waals surface area contributed by atoms with Crippen LogP contribution in [-0.4, -0.2) is 112 Å². The van der Waals surface area contributed by atoms with E-state index >= 15 is 4.39 Å². The third kappa shape index (κ3) is 11.6. The van der Waals surface area contributed by atoms with Gasteiger partial charge in [0, 0.05) is 42.8 Å². The second-order valence-corrected chi connectivity index (χ2v) is 21.5. The number of halogens is 1. The van der Waals surface area contributed by atoms with E-state index in [1.165, 1.54) is 11.0 Å². The number of rotatable bonds is 24. The minimum absolute atomic E-state index is 0.0505. The van der Waals surface area contributed by atoms with Crippen LogP contribution in [0.4, 0.5) is 4.39 Å². The van der Waals surface area contributed by atoms with Gasteiger partial charge in [-0.2, -0.15) is 0 Å². The van der Waals surface area contributed by atoms with Crippen LogP contribution in [0.5, 0.6) is 0 Å². The maximum absolute atomic E-state index is 15.5. The number of esters is 1. The lowest BCUT2D eigenvalue weighted by Gasteiger charge is -2.31. The fourth-order valence-electron chi connectivity index (χ4n) is 11.6. The molecule has 2 aromatic carbocycles. The van der Waals surface area contributed by atoms with Crippen molar-refractivity contribution in [3.05, 3.63) is 97.6 Å². The number of pyridine rings is 2. The normalized spacial score (nSPS) is 18.3. The van der Waals surface area contributed by atoms with Gasteiger partial charge in [-0.25, -0.2) is 9.37 Å². The topological polar surface area (TPSA) is 282 Å². The summed E-state index contributed by atoms with van der Waals surface area (Å²) in [5, 5.41) is 16.6. The van der Waals surface area contributed by atoms with Gasteiger partial charge in [-0.15, -0.1) is 0 Å². The molecule has 1 saturated carbocycles. The van der Waals surface area contributed by atoms with Gasteiger partial charge < -0.3 is 45.9 Å². The number of ether oxygens (including phenoxy) is 2. The van der Waals surface area contributed by atoms with Crippen molar-refractivity contribution in [2.45, 2.75) is 148 Å². The minimum atomic E-state index is -1.27. The number of carbonyl (C=O) groups is 9. The Balaban J connectivity index is 0.744. The Morgan fingerprint density at radius 2 is 1.56 bits per heavy atom. The summed E-state index contributed by atoms with van der Waals surface area (Å²) in [6.07, 6.45) is 5.25. The number of amides is 8. The summed E-state index contributed by atoms with van der Waals surface area (Å²) >= 11 is 0. The number of cyclic esters (lactones) is 1. The molecular formula is C58H68FN9O12. The van der Waals surface area contributed by atoms with E-state index < -0.39 is 90.0 Å². The molecule has 8 amide bonds. The number of nitrogens with zero attached hydrogens (tertiary/aromatic N) is 3. The molecule has 0 spiro atoms. The molecule has 3 atom stereocenters. The van der Waals surface area contributed by atoms with Gasteiger partial charge in [0.15, 0.2) is 0 Å². The van der Waals surface area contributed by atoms with E-state index in [2.05, 4.69) is 31.9 Å². The number of fused-ring (bicyclic) bond motifs is 5. The summed E-state index contributed by atoms with van der Waals surface area (Å²) in [6.45, 7) is 5.92. The van der Waals surface area contributed by atoms with Crippen molar-refractivity contribution in [1.29, 1.82) is 0 Å². The van der Waals surface area contributed by atoms with Crippen LogP contribution >= 0.6 is 0 Å². The smallest absolute Gasteiger partial charge is 0.313 e. The van der Waals surface area contributed by atoms with Crippen LogP contribution in [-0.2, 0) is 78.6 Å². The molecule has 21 nitrogen and oxygen atoms in total. The van der Waals surface area contributed by atoms with Gasteiger partial charge in [0.25, 0.3) is 11.5 Å². The van der Waals surface area contributed by atoms with E-state index in [1.807, 2.05) is 26.8 Å². The number of aromatic nitrogens is 2. The van der Waals surface area contributed by atoms with Gasteiger partial charge in [-0.3, -0.25) is 52.8 Å². The average molecular weight is 1100 g/mol. The Hall–Kier alpha value is -7.88. The van der Waals surface area contributed by atoms with E-state index in [-0.39, 0.29) is 62.4 Å². The third-order valence-corrected chi connectivity index (χ3v) is 16.6. The van der Waals surface area contributed by atoms with Crippen LogP contribution in [0.15, 0.2) is 47.3 Å². The monoisotopic (exact) mass is 1100 g/mol. The maximum atomic E-state index is 15.5. The number of unbranched alkanes of at least 4 members (excludes halogenated alkanes) is 2. The second kappa shape index (κ2) is 23.8. The molecule has 4 aromatic rings. The fourth-order valence-corrected chi connectivity index (χ4v) is 11.6. The van der Waals surface area contributed by atoms with Gasteiger partial charge in [-0.1, -0.05) is 57.5 Å². The van der Waals surface area contributed by atoms with Gasteiger partial charge in [0.05, 0.1) is 66.0 Å². The van der Waals surface area contributed by atoms with Crippen LogP contribution in [0.1, 0.15) is 142 Å². The van der Waals surface area contributed by atoms with Crippen LogP contribution in [0.2, 0.25) is 0 Å². The third-order valence-electron chi connectivity index (χ3n) is 16.6. The number of carbonyl (C=O) groups excluding carboxylic acids is 9. The minimum Gasteiger partial charge on any atom is -0.460 e. The largest absolute Gasteiger partial charge is 0.460 e. The zero-order valence-electron chi connectivity index (χ0n) is 45.5. The SMILES string of the molecule is CCC1C(=O)OCc2c1cc1n(c2=O)Cc2c-1nc1cc(F)c(C)c3c1c2C(NC(=O)C1(OCNC(=O)CNC(=O)C(Cc2ccccc2)NC(=O)CNC(=O)CNC(=O)CCCCCN2C(=O)CC(CC)(CC)C2=O)CC1)CC3. The predicted molar refractivity (Wildman–Crippen MR) is 287 cm³/mol. The number of likely N-dealkylation sites (tertiary alicyclic amines) is 1. The lowest BCUT2D eigenvalue weighted by molar-refractivity contribution is -0.148. The number of nitrogens with one attached hydrogen (secondary N) is 6. The molecule has 2 aromatic heterocycles. The Kier molecular flexibility index (Phi) is 16.9. The quantitative estimate of drug-likeness (QED) is 0.0224. The fraction of sp³-hybridized carbons (Fsp3) is 0.500. The first-order valence-corrected chi connectivity index (χ1v) is 27.7. The summed E-state index contributed by atoms with van der Waals surface area (Å²) in [7, 11) is 0. The van der Waals surface area contributed by atoms with Crippen molar-refractivity contribution in [2.24, 2.45) is 5.41 Å². The van der Waals surface area contributed by atoms with Crippen LogP contribution in [0.3, 0.4) is 0 Å². The highest BCUT2D eigenvalue weighted by molar-refractivity contribution is 6.06. The highest BCUT2D eigenvalue weighted by atomic mass is 19.1. The highest BCUT2D eigenvalue weighted by Crippen LogP contribution is 2.47. The molecule has 5 heterocycles. The lowest BCUT2D eigenvalue weighted by atomic mass is 9.81. The van der Waals surface area contributed by atoms with Gasteiger partial charge >= 0.3 is 5.97 Å². The van der Waals surface area contributed by atoms with E-state index in [0.29, 0.717) is 110 Å². The van der Waals surface area contributed by atoms with Crippen molar-refractivity contribution < 1.29 is 57.0 Å². The van der Waals surface area contributed by atoms with Crippen LogP contribution in [0, 0.1) is 18.2 Å². The highest BCUT2D eigenvalue weighted by Gasteiger charge is 2.53. The average Bonchev–Trinajstić information content (AvgIpc) is 4.12. The van der Waals surface area contributed by atoms with Crippen LogP contribution < -0.4 is 37.5 Å². The van der Waals surface area contributed by atoms with E-state index in [9.17, 15) is 47.9 Å². The lowest BCUT2D eigenvalue weighted by Crippen LogP contribution is -2.52. The second-order valence-electron chi connectivity index (χ2n) is 21.5. The molecule has 2 aliphatic carbocycles. The Labute approximate surface area is 461 Å². The van der Waals surface area contributed by atoms with Gasteiger partial charge in [0.2, 0.25) is 41.4 Å². The number of hydrogen-bond acceptors (Lipinski definition) is 13. The molecule has 6 N–H and O–H groups in total. The Morgan fingerprint density at radius 3 is 2.27 bits per heavy atom. The molecule has 3 unspecified atom stereocenters. The molecule has 22 heteroatoms. The molecule has 3 aliphatic heterocycles. The van der Waals surface area contributed by atoms with Crippen molar-refractivity contribution in [1.82, 2.24) is 46.4 Å². The molecular weight excluding hydrogens is 1030 g/mol. The predicted octanol–water partition coefficient (Wildman–Crippen LogP) is 3.35. The number of imide groups is 1. The molecule has 2 fully saturated rings. The van der Waals surface area contributed by atoms with E-state index in [4.69, 9.17) is 14.5 Å². The molecule has 0 radical (unpaired) electrons. The first kappa shape index (κ1) is 56.8. The number of benzene rings is 2. The van der Waals surface area contributed by atoms with Crippen molar-refractivity contribution in [2.75, 3.05) is 32.9 Å². The van der Waals surface area contributed by atoms with Crippen molar-refractivity contribution >= 4 is 64.1 Å². The summed E-state index contributed by atoms with van der Waals surface area (Å²) in [6, 6.07) is 10.3. The number of aryl methyl sites for hydroxylation is 1. The zero-order chi connectivity index (χ0) is 57.0. The van der Waals surface area contributed by atoms with E-state index in [0.717, 1.165) is 22.1 Å². The first-order chi connectivity index (χ1) is 38.4. The van der Waals surface area contributed by atoms with Crippen molar-refractivity contribution in [3.8, 4) is 11.4 Å². The van der Waals surface area contributed by atoms with Crippen molar-refractivity contribution in [3.63, 3.8) is 0 Å². The van der Waals surface area contributed by atoms with Crippen LogP contribution in [0.25, 0.3) is 22.3 Å². The maximum Gasteiger partial charge on any atom is 0.313 e.